The van der Waals surface area contributed by atoms with Crippen LogP contribution < -0.4 is 20.8 Å². The third-order valence-electron chi connectivity index (χ3n) is 9.02. The van der Waals surface area contributed by atoms with Crippen LogP contribution in [0.15, 0.2) is 140 Å². The van der Waals surface area contributed by atoms with Crippen LogP contribution in [0.1, 0.15) is 54.8 Å². The Morgan fingerprint density at radius 3 is 2.10 bits per heavy atom. The Morgan fingerprint density at radius 2 is 1.43 bits per heavy atom. The predicted molar refractivity (Wildman–Crippen MR) is 214 cm³/mol. The first-order chi connectivity index (χ1) is 24.6. The molecule has 2 N–H and O–H groups in total. The number of halogens is 1. The minimum atomic E-state index is -2.72. The van der Waals surface area contributed by atoms with E-state index in [-0.39, 0.29) is 16.2 Å². The monoisotopic (exact) mass is 730 g/mol. The molecule has 0 aliphatic heterocycles. The van der Waals surface area contributed by atoms with Gasteiger partial charge in [0.1, 0.15) is 12.4 Å². The van der Waals surface area contributed by atoms with Gasteiger partial charge < -0.3 is 14.9 Å². The zero-order chi connectivity index (χ0) is 35.8. The lowest BCUT2D eigenvalue weighted by Crippen LogP contribution is -2.66. The summed E-state index contributed by atoms with van der Waals surface area (Å²) in [6.07, 6.45) is 0.297. The van der Waals surface area contributed by atoms with Gasteiger partial charge >= 0.3 is 0 Å². The number of ether oxygens (including phenoxy) is 1. The first-order valence-electron chi connectivity index (χ1n) is 17.1. The molecule has 1 atom stereocenters. The predicted octanol–water partition coefficient (Wildman–Crippen LogP) is 9.24. The van der Waals surface area contributed by atoms with Gasteiger partial charge in [0, 0.05) is 22.6 Å². The number of aromatic nitrogens is 1. The fourth-order valence-corrected chi connectivity index (χ4v) is 12.5. The summed E-state index contributed by atoms with van der Waals surface area (Å²) in [5, 5.41) is 4.00. The first-order valence-corrected chi connectivity index (χ1v) is 20.5. The van der Waals surface area contributed by atoms with Gasteiger partial charge in [-0.15, -0.1) is 11.8 Å². The van der Waals surface area contributed by atoms with Gasteiger partial charge in [0.2, 0.25) is 5.91 Å². The first kappa shape index (κ1) is 36.4. The molecule has 5 nitrogen and oxygen atoms in total. The summed E-state index contributed by atoms with van der Waals surface area (Å²) in [6.45, 7) is 7.67. The molecule has 6 rings (SSSR count). The molecule has 1 aromatic heterocycles. The summed E-state index contributed by atoms with van der Waals surface area (Å²) in [4.78, 5) is 16.5. The fourth-order valence-electron chi connectivity index (χ4n) is 6.60. The van der Waals surface area contributed by atoms with Crippen LogP contribution in [0, 0.1) is 0 Å². The molecule has 1 amide bonds. The van der Waals surface area contributed by atoms with Gasteiger partial charge in [0.15, 0.2) is 0 Å². The van der Waals surface area contributed by atoms with E-state index in [9.17, 15) is 4.79 Å². The molecule has 0 radical (unpaired) electrons. The maximum Gasteiger partial charge on any atom is 0.261 e. The SMILES string of the molecule is CC(C)(C)[Si](OCc1cccc(C(SCCC(N)=O)c2cccc(OCc3ccc4ccc(Cl)cc4n3)c2)c1)(c1ccccc1)c1ccccc1. The molecule has 0 aliphatic carbocycles. The number of carbonyl (C=O) groups is 1. The van der Waals surface area contributed by atoms with Crippen molar-refractivity contribution in [2.24, 2.45) is 5.73 Å². The molecule has 51 heavy (non-hydrogen) atoms. The van der Waals surface area contributed by atoms with Gasteiger partial charge in [0.25, 0.3) is 8.32 Å². The second-order valence-electron chi connectivity index (χ2n) is 13.7. The highest BCUT2D eigenvalue weighted by atomic mass is 35.5. The molecule has 0 aliphatic rings. The second kappa shape index (κ2) is 16.3. The van der Waals surface area contributed by atoms with E-state index in [1.54, 1.807) is 11.8 Å². The number of amides is 1. The van der Waals surface area contributed by atoms with Crippen LogP contribution >= 0.6 is 23.4 Å². The average molecular weight is 731 g/mol. The molecule has 0 spiro atoms. The maximum absolute atomic E-state index is 11.7. The lowest BCUT2D eigenvalue weighted by Gasteiger charge is -2.43. The second-order valence-corrected chi connectivity index (χ2v) is 19.6. The van der Waals surface area contributed by atoms with Crippen LogP contribution in [0.25, 0.3) is 10.9 Å². The molecule has 260 valence electrons. The van der Waals surface area contributed by atoms with Gasteiger partial charge in [-0.3, -0.25) is 4.79 Å². The van der Waals surface area contributed by atoms with E-state index in [2.05, 4.69) is 118 Å². The van der Waals surface area contributed by atoms with Crippen molar-refractivity contribution >= 4 is 58.9 Å². The molecule has 1 unspecified atom stereocenters. The molecular formula is C43H43ClN2O3SSi. The largest absolute Gasteiger partial charge is 0.487 e. The van der Waals surface area contributed by atoms with Crippen LogP contribution in [0.4, 0.5) is 0 Å². The van der Waals surface area contributed by atoms with Gasteiger partial charge in [0.05, 0.1) is 23.1 Å². The molecule has 5 aromatic carbocycles. The van der Waals surface area contributed by atoms with Crippen molar-refractivity contribution in [3.8, 4) is 5.75 Å². The highest BCUT2D eigenvalue weighted by molar-refractivity contribution is 7.99. The summed E-state index contributed by atoms with van der Waals surface area (Å²) in [6, 6.07) is 47.9. The van der Waals surface area contributed by atoms with Crippen molar-refractivity contribution < 1.29 is 14.0 Å². The minimum absolute atomic E-state index is 0.0540. The Morgan fingerprint density at radius 1 is 0.784 bits per heavy atom. The van der Waals surface area contributed by atoms with Crippen molar-refractivity contribution in [2.75, 3.05) is 5.75 Å². The Labute approximate surface area is 311 Å². The third-order valence-corrected chi connectivity index (χ3v) is 15.6. The Balaban J connectivity index is 1.27. The number of pyridine rings is 1. The molecule has 1 heterocycles. The molecule has 0 saturated heterocycles. The van der Waals surface area contributed by atoms with E-state index in [1.807, 2.05) is 42.5 Å². The normalized spacial score (nSPS) is 12.5. The van der Waals surface area contributed by atoms with E-state index < -0.39 is 8.32 Å². The summed E-state index contributed by atoms with van der Waals surface area (Å²) >= 11 is 7.91. The van der Waals surface area contributed by atoms with E-state index >= 15 is 0 Å². The number of carbonyl (C=O) groups excluding carboxylic acids is 1. The van der Waals surface area contributed by atoms with E-state index in [4.69, 9.17) is 31.5 Å². The fraction of sp³-hybridized carbons (Fsp3) is 0.209. The molecule has 0 bridgehead atoms. The number of fused-ring (bicyclic) bond motifs is 1. The van der Waals surface area contributed by atoms with Crippen LogP contribution in [-0.2, 0) is 22.4 Å². The quantitative estimate of drug-likeness (QED) is 0.113. The van der Waals surface area contributed by atoms with Gasteiger partial charge in [-0.1, -0.05) is 142 Å². The zero-order valence-corrected chi connectivity index (χ0v) is 31.8. The number of hydrogen-bond acceptors (Lipinski definition) is 5. The third kappa shape index (κ3) is 8.74. The number of thioether (sulfide) groups is 1. The molecule has 6 aromatic rings. The number of nitrogens with two attached hydrogens (primary N) is 1. The van der Waals surface area contributed by atoms with Crippen molar-refractivity contribution in [3.05, 3.63) is 167 Å². The van der Waals surface area contributed by atoms with Crippen LogP contribution in [0.5, 0.6) is 5.75 Å². The average Bonchev–Trinajstić information content (AvgIpc) is 3.13. The minimum Gasteiger partial charge on any atom is -0.487 e. The van der Waals surface area contributed by atoms with Gasteiger partial charge in [-0.2, -0.15) is 0 Å². The Hall–Kier alpha value is -4.40. The lowest BCUT2D eigenvalue weighted by atomic mass is 10.0. The topological polar surface area (TPSA) is 74.4 Å². The van der Waals surface area contributed by atoms with Crippen LogP contribution in [0.3, 0.4) is 0 Å². The standard InChI is InChI=1S/C43H43ClN2O3SSi/c1-43(2,3)51(38-16-6-4-7-17-38,39-18-8-5-9-19-39)49-29-31-12-10-13-33(26-31)42(50-25-24-41(45)47)34-14-11-15-37(27-34)48-30-36-23-21-32-20-22-35(44)28-40(32)46-36/h4-23,26-28,42H,24-25,29-30H2,1-3H3,(H2,45,47). The number of hydrogen-bond donors (Lipinski definition) is 1. The van der Waals surface area contributed by atoms with Crippen molar-refractivity contribution in [1.29, 1.82) is 0 Å². The number of nitrogens with zero attached hydrogens (tertiary/aromatic N) is 1. The zero-order valence-electron chi connectivity index (χ0n) is 29.2. The number of rotatable bonds is 14. The number of benzene rings is 5. The maximum atomic E-state index is 11.7. The van der Waals surface area contributed by atoms with Crippen molar-refractivity contribution in [3.63, 3.8) is 0 Å². The number of primary amides is 1. The molecule has 0 saturated carbocycles. The van der Waals surface area contributed by atoms with E-state index in [1.165, 1.54) is 10.4 Å². The summed E-state index contributed by atoms with van der Waals surface area (Å²) in [5.74, 6) is 1.03. The van der Waals surface area contributed by atoms with Gasteiger partial charge in [-0.25, -0.2) is 4.98 Å². The van der Waals surface area contributed by atoms with Crippen molar-refractivity contribution in [1.82, 2.24) is 4.98 Å². The Bertz CT molecular complexity index is 2050. The Kier molecular flexibility index (Phi) is 11.6. The van der Waals surface area contributed by atoms with E-state index in [0.29, 0.717) is 30.4 Å². The van der Waals surface area contributed by atoms with Gasteiger partial charge in [-0.05, 0) is 62.4 Å². The molecule has 0 fully saturated rings. The smallest absolute Gasteiger partial charge is 0.261 e. The highest BCUT2D eigenvalue weighted by Crippen LogP contribution is 2.40. The van der Waals surface area contributed by atoms with Crippen LogP contribution in [-0.4, -0.2) is 25.0 Å². The van der Waals surface area contributed by atoms with Crippen LogP contribution in [0.2, 0.25) is 10.1 Å². The highest BCUT2D eigenvalue weighted by Gasteiger charge is 2.50. The summed E-state index contributed by atoms with van der Waals surface area (Å²) in [5.41, 5.74) is 10.5. The lowest BCUT2D eigenvalue weighted by molar-refractivity contribution is -0.117. The summed E-state index contributed by atoms with van der Waals surface area (Å²) < 4.78 is 13.5. The molecular weight excluding hydrogens is 688 g/mol. The van der Waals surface area contributed by atoms with Crippen molar-refractivity contribution in [2.45, 2.75) is 50.7 Å². The summed E-state index contributed by atoms with van der Waals surface area (Å²) in [7, 11) is -2.72. The van der Waals surface area contributed by atoms with E-state index in [0.717, 1.165) is 39.0 Å². The molecule has 8 heteroatoms.